The maximum absolute atomic E-state index is 9.13. The molecular weight excluding hydrogens is 206 g/mol. The Labute approximate surface area is 96.5 Å². The summed E-state index contributed by atoms with van der Waals surface area (Å²) in [6, 6.07) is 6.17. The molecule has 92 valence electrons. The van der Waals surface area contributed by atoms with Gasteiger partial charge in [0.25, 0.3) is 0 Å². The minimum absolute atomic E-state index is 0. The average Bonchev–Trinajstić information content (AvgIpc) is 2.28. The number of unbranched alkanes of at least 4 members (excludes halogenated alkanes) is 1. The molecule has 1 heterocycles. The molecule has 0 bridgehead atoms. The molecule has 1 aromatic rings. The molecule has 0 spiro atoms. The number of carbonyl (C=O) groups is 1. The van der Waals surface area contributed by atoms with Crippen LogP contribution in [0.3, 0.4) is 0 Å². The summed E-state index contributed by atoms with van der Waals surface area (Å²) in [5, 5.41) is 9.13. The molecule has 0 amide bonds. The molecule has 5 heteroatoms. The average molecular weight is 227 g/mol. The second-order valence-electron chi connectivity index (χ2n) is 3.04. The molecule has 0 saturated heterocycles. The molecule has 5 N–H and O–H groups in total. The van der Waals surface area contributed by atoms with E-state index in [-0.39, 0.29) is 12.7 Å². The number of carboxylic acid groups (broad SMARTS) is 1. The Balaban J connectivity index is 0. The van der Waals surface area contributed by atoms with Crippen molar-refractivity contribution in [1.29, 1.82) is 0 Å². The number of nitrogens with two attached hydrogens (primary N) is 1. The van der Waals surface area contributed by atoms with E-state index < -0.39 is 5.97 Å². The number of nitrogens with zero attached hydrogens (tertiary/aromatic N) is 1. The lowest BCUT2D eigenvalue weighted by molar-refractivity contribution is -0.697. The quantitative estimate of drug-likeness (QED) is 0.684. The first-order chi connectivity index (χ1) is 7.20. The Bertz CT molecular complexity index is 265. The van der Waals surface area contributed by atoms with E-state index in [1.165, 1.54) is 12.8 Å². The van der Waals surface area contributed by atoms with Gasteiger partial charge in [0.2, 0.25) is 0 Å². The van der Waals surface area contributed by atoms with E-state index in [0.29, 0.717) is 0 Å². The van der Waals surface area contributed by atoms with Gasteiger partial charge >= 0.3 is 0 Å². The lowest BCUT2D eigenvalue weighted by Gasteiger charge is -1.91. The van der Waals surface area contributed by atoms with Crippen LogP contribution in [0.5, 0.6) is 0 Å². The monoisotopic (exact) mass is 227 g/mol. The highest BCUT2D eigenvalue weighted by molar-refractivity contribution is 5.66. The summed E-state index contributed by atoms with van der Waals surface area (Å²) in [6.07, 6.45) is 6.75. The molecule has 0 fully saturated rings. The predicted molar refractivity (Wildman–Crippen MR) is 60.6 cm³/mol. The minimum Gasteiger partial charge on any atom is -0.549 e. The number of carbonyl (C=O) groups excluding carboxylic acids is 1. The van der Waals surface area contributed by atoms with Crippen LogP contribution in [0.1, 0.15) is 19.8 Å². The lowest BCUT2D eigenvalue weighted by atomic mass is 10.3. The van der Waals surface area contributed by atoms with E-state index in [9.17, 15) is 0 Å². The first-order valence-electron chi connectivity index (χ1n) is 5.04. The smallest absolute Gasteiger partial charge is 0.168 e. The summed E-state index contributed by atoms with van der Waals surface area (Å²) in [4.78, 5) is 9.13. The fourth-order valence-corrected chi connectivity index (χ4v) is 0.924. The van der Waals surface area contributed by atoms with Crippen LogP contribution in [-0.2, 0) is 11.3 Å². The topological polar surface area (TPSA) is 105 Å². The number of aliphatic carboxylic acids is 1. The van der Waals surface area contributed by atoms with Crippen LogP contribution < -0.4 is 21.6 Å². The standard InChI is InChI=1S/C9H14N.C2H5NO2.H3N/c1-2-3-7-10-8-5-4-6-9-10;3-1-2(4)5;/h4-6,8-9H,2-3,7H2,1H3;1,3H2,(H,4,5);1H3/q+1;;/p-1. The van der Waals surface area contributed by atoms with Crippen molar-refractivity contribution in [3.63, 3.8) is 0 Å². The second-order valence-corrected chi connectivity index (χ2v) is 3.04. The lowest BCUT2D eigenvalue weighted by Crippen LogP contribution is -2.31. The summed E-state index contributed by atoms with van der Waals surface area (Å²) < 4.78 is 2.21. The van der Waals surface area contributed by atoms with Gasteiger partial charge in [-0.15, -0.1) is 0 Å². The molecule has 0 unspecified atom stereocenters. The minimum atomic E-state index is -1.22. The summed E-state index contributed by atoms with van der Waals surface area (Å²) in [7, 11) is 0. The van der Waals surface area contributed by atoms with Gasteiger partial charge in [0.05, 0.1) is 5.97 Å². The third kappa shape index (κ3) is 10.6. The SMILES string of the molecule is CCCC[n+]1ccccc1.N.NCC(=O)[O-]. The Hall–Kier alpha value is -1.46. The van der Waals surface area contributed by atoms with Gasteiger partial charge in [-0.05, 0) is 0 Å². The number of rotatable bonds is 4. The maximum atomic E-state index is 9.13. The molecule has 0 aliphatic rings. The zero-order chi connectivity index (χ0) is 11.5. The van der Waals surface area contributed by atoms with Gasteiger partial charge in [0, 0.05) is 25.1 Å². The highest BCUT2D eigenvalue weighted by Gasteiger charge is 1.93. The van der Waals surface area contributed by atoms with Gasteiger partial charge < -0.3 is 21.8 Å². The Morgan fingerprint density at radius 1 is 1.31 bits per heavy atom. The predicted octanol–water partition coefficient (Wildman–Crippen LogP) is -0.369. The van der Waals surface area contributed by atoms with Crippen molar-refractivity contribution in [2.45, 2.75) is 26.3 Å². The third-order valence-electron chi connectivity index (χ3n) is 1.71. The number of carboxylic acids is 1. The van der Waals surface area contributed by atoms with Gasteiger partial charge in [-0.3, -0.25) is 0 Å². The largest absolute Gasteiger partial charge is 0.549 e. The van der Waals surface area contributed by atoms with Crippen molar-refractivity contribution in [3.05, 3.63) is 30.6 Å². The molecular formula is C11H21N3O2. The number of hydrogen-bond acceptors (Lipinski definition) is 4. The van der Waals surface area contributed by atoms with E-state index in [2.05, 4.69) is 41.8 Å². The van der Waals surface area contributed by atoms with E-state index in [1.807, 2.05) is 6.07 Å². The zero-order valence-corrected chi connectivity index (χ0v) is 9.76. The molecule has 0 aromatic carbocycles. The Morgan fingerprint density at radius 3 is 2.19 bits per heavy atom. The van der Waals surface area contributed by atoms with Crippen LogP contribution in [-0.4, -0.2) is 12.5 Å². The summed E-state index contributed by atoms with van der Waals surface area (Å²) in [5.41, 5.74) is 4.51. The van der Waals surface area contributed by atoms with Gasteiger partial charge in [0.1, 0.15) is 6.54 Å². The number of hydrogen-bond donors (Lipinski definition) is 2. The zero-order valence-electron chi connectivity index (χ0n) is 9.76. The molecule has 0 aliphatic carbocycles. The van der Waals surface area contributed by atoms with Crippen LogP contribution in [0.25, 0.3) is 0 Å². The van der Waals surface area contributed by atoms with Crippen molar-refractivity contribution in [2.24, 2.45) is 5.73 Å². The van der Waals surface area contributed by atoms with Gasteiger partial charge in [-0.2, -0.15) is 0 Å². The molecule has 16 heavy (non-hydrogen) atoms. The summed E-state index contributed by atoms with van der Waals surface area (Å²) in [6.45, 7) is 2.97. The van der Waals surface area contributed by atoms with Crippen LogP contribution in [0, 0.1) is 0 Å². The molecule has 1 aromatic heterocycles. The summed E-state index contributed by atoms with van der Waals surface area (Å²) >= 11 is 0. The molecule has 0 aliphatic heterocycles. The fraction of sp³-hybridized carbons (Fsp3) is 0.455. The Morgan fingerprint density at radius 2 is 1.81 bits per heavy atom. The third-order valence-corrected chi connectivity index (χ3v) is 1.71. The van der Waals surface area contributed by atoms with E-state index >= 15 is 0 Å². The van der Waals surface area contributed by atoms with Gasteiger partial charge in [-0.25, -0.2) is 4.57 Å². The van der Waals surface area contributed by atoms with Gasteiger partial charge in [0.15, 0.2) is 12.4 Å². The van der Waals surface area contributed by atoms with E-state index in [1.54, 1.807) is 0 Å². The van der Waals surface area contributed by atoms with Crippen LogP contribution >= 0.6 is 0 Å². The fourth-order valence-electron chi connectivity index (χ4n) is 0.924. The molecule has 5 nitrogen and oxygen atoms in total. The number of pyridine rings is 1. The molecule has 0 saturated carbocycles. The number of aryl methyl sites for hydroxylation is 1. The first kappa shape index (κ1) is 17.0. The van der Waals surface area contributed by atoms with Crippen molar-refractivity contribution >= 4 is 5.97 Å². The van der Waals surface area contributed by atoms with Crippen LogP contribution in [0.15, 0.2) is 30.6 Å². The van der Waals surface area contributed by atoms with Crippen molar-refractivity contribution in [1.82, 2.24) is 6.15 Å². The first-order valence-corrected chi connectivity index (χ1v) is 5.04. The van der Waals surface area contributed by atoms with Crippen LogP contribution in [0.4, 0.5) is 0 Å². The van der Waals surface area contributed by atoms with Gasteiger partial charge in [-0.1, -0.05) is 19.4 Å². The normalized spacial score (nSPS) is 8.38. The van der Waals surface area contributed by atoms with Crippen molar-refractivity contribution in [3.8, 4) is 0 Å². The Kier molecular flexibility index (Phi) is 12.3. The highest BCUT2D eigenvalue weighted by Crippen LogP contribution is 1.85. The van der Waals surface area contributed by atoms with Crippen molar-refractivity contribution < 1.29 is 14.5 Å². The molecule has 0 radical (unpaired) electrons. The summed E-state index contributed by atoms with van der Waals surface area (Å²) in [5.74, 6) is -1.22. The second kappa shape index (κ2) is 11.6. The molecule has 0 atom stereocenters. The van der Waals surface area contributed by atoms with Crippen LogP contribution in [0.2, 0.25) is 0 Å². The van der Waals surface area contributed by atoms with Crippen molar-refractivity contribution in [2.75, 3.05) is 6.54 Å². The number of aromatic nitrogens is 1. The van der Waals surface area contributed by atoms with E-state index in [4.69, 9.17) is 9.90 Å². The van der Waals surface area contributed by atoms with E-state index in [0.717, 1.165) is 6.54 Å². The highest BCUT2D eigenvalue weighted by atomic mass is 16.4. The molecule has 1 rings (SSSR count). The maximum Gasteiger partial charge on any atom is 0.168 e.